The third kappa shape index (κ3) is 3.17. The van der Waals surface area contributed by atoms with Gasteiger partial charge in [0.25, 0.3) is 0 Å². The van der Waals surface area contributed by atoms with Crippen LogP contribution in [-0.4, -0.2) is 22.6 Å². The Morgan fingerprint density at radius 2 is 1.89 bits per heavy atom. The van der Waals surface area contributed by atoms with E-state index >= 15 is 0 Å². The highest BCUT2D eigenvalue weighted by Crippen LogP contribution is 2.33. The van der Waals surface area contributed by atoms with Gasteiger partial charge < -0.3 is 10.6 Å². The lowest BCUT2D eigenvalue weighted by atomic mass is 9.80. The van der Waals surface area contributed by atoms with Gasteiger partial charge in [-0.1, -0.05) is 20.3 Å². The molecule has 0 aromatic carbocycles. The quantitative estimate of drug-likeness (QED) is 0.822. The molecule has 1 aromatic rings. The molecule has 2 rings (SSSR count). The SMILES string of the molecule is CCNc1ncnc(NC(C)C2CCC2)c1C(C)C. The van der Waals surface area contributed by atoms with Crippen molar-refractivity contribution in [1.82, 2.24) is 9.97 Å². The van der Waals surface area contributed by atoms with Gasteiger partial charge >= 0.3 is 0 Å². The van der Waals surface area contributed by atoms with Gasteiger partial charge in [-0.25, -0.2) is 9.97 Å². The van der Waals surface area contributed by atoms with Gasteiger partial charge in [-0.05, 0) is 38.5 Å². The van der Waals surface area contributed by atoms with Crippen molar-refractivity contribution in [2.75, 3.05) is 17.2 Å². The summed E-state index contributed by atoms with van der Waals surface area (Å²) in [6.45, 7) is 9.63. The van der Waals surface area contributed by atoms with Crippen molar-refractivity contribution in [3.05, 3.63) is 11.9 Å². The summed E-state index contributed by atoms with van der Waals surface area (Å²) in [5, 5.41) is 6.94. The van der Waals surface area contributed by atoms with E-state index in [9.17, 15) is 0 Å². The first-order valence-corrected chi connectivity index (χ1v) is 7.48. The van der Waals surface area contributed by atoms with E-state index in [1.165, 1.54) is 24.8 Å². The van der Waals surface area contributed by atoms with Gasteiger partial charge in [0.1, 0.15) is 18.0 Å². The number of rotatable bonds is 6. The molecule has 1 aliphatic rings. The van der Waals surface area contributed by atoms with Gasteiger partial charge in [-0.2, -0.15) is 0 Å². The molecule has 1 fully saturated rings. The predicted octanol–water partition coefficient (Wildman–Crippen LogP) is 3.63. The summed E-state index contributed by atoms with van der Waals surface area (Å²) >= 11 is 0. The van der Waals surface area contributed by atoms with E-state index in [2.05, 4.69) is 48.3 Å². The van der Waals surface area contributed by atoms with Crippen LogP contribution in [0.4, 0.5) is 11.6 Å². The minimum Gasteiger partial charge on any atom is -0.370 e. The molecule has 1 heterocycles. The third-order valence-electron chi connectivity index (χ3n) is 4.03. The van der Waals surface area contributed by atoms with E-state index in [0.29, 0.717) is 12.0 Å². The Kier molecular flexibility index (Phi) is 4.61. The van der Waals surface area contributed by atoms with Gasteiger partial charge in [0.05, 0.1) is 0 Å². The maximum Gasteiger partial charge on any atom is 0.135 e. The zero-order chi connectivity index (χ0) is 13.8. The van der Waals surface area contributed by atoms with E-state index in [0.717, 1.165) is 24.1 Å². The Balaban J connectivity index is 2.20. The van der Waals surface area contributed by atoms with E-state index in [1.807, 2.05) is 0 Å². The van der Waals surface area contributed by atoms with Crippen LogP contribution in [-0.2, 0) is 0 Å². The van der Waals surface area contributed by atoms with E-state index in [4.69, 9.17) is 0 Å². The molecular weight excluding hydrogens is 236 g/mol. The predicted molar refractivity (Wildman–Crippen MR) is 80.7 cm³/mol. The lowest BCUT2D eigenvalue weighted by Gasteiger charge is -2.33. The lowest BCUT2D eigenvalue weighted by molar-refractivity contribution is 0.284. The molecule has 4 heteroatoms. The summed E-state index contributed by atoms with van der Waals surface area (Å²) in [6.07, 6.45) is 5.71. The third-order valence-corrected chi connectivity index (χ3v) is 4.03. The summed E-state index contributed by atoms with van der Waals surface area (Å²) in [6, 6.07) is 0.496. The fourth-order valence-corrected chi connectivity index (χ4v) is 2.64. The monoisotopic (exact) mass is 262 g/mol. The number of aromatic nitrogens is 2. The highest BCUT2D eigenvalue weighted by molar-refractivity contribution is 5.59. The molecular formula is C15H26N4. The molecule has 1 unspecified atom stereocenters. The first-order chi connectivity index (χ1) is 9.13. The van der Waals surface area contributed by atoms with Crippen molar-refractivity contribution >= 4 is 11.6 Å². The van der Waals surface area contributed by atoms with Crippen molar-refractivity contribution in [3.63, 3.8) is 0 Å². The van der Waals surface area contributed by atoms with Crippen LogP contribution in [0, 0.1) is 5.92 Å². The summed E-state index contributed by atoms with van der Waals surface area (Å²) in [7, 11) is 0. The molecule has 0 aliphatic heterocycles. The van der Waals surface area contributed by atoms with Crippen molar-refractivity contribution in [2.24, 2.45) is 5.92 Å². The minimum atomic E-state index is 0.409. The maximum absolute atomic E-state index is 4.46. The zero-order valence-electron chi connectivity index (χ0n) is 12.5. The minimum absolute atomic E-state index is 0.409. The number of nitrogens with one attached hydrogen (secondary N) is 2. The number of nitrogens with zero attached hydrogens (tertiary/aromatic N) is 2. The second-order valence-corrected chi connectivity index (χ2v) is 5.79. The topological polar surface area (TPSA) is 49.8 Å². The van der Waals surface area contributed by atoms with Gasteiger partial charge in [0, 0.05) is 18.2 Å². The Bertz CT molecular complexity index is 413. The van der Waals surface area contributed by atoms with Crippen LogP contribution in [0.3, 0.4) is 0 Å². The zero-order valence-corrected chi connectivity index (χ0v) is 12.5. The average molecular weight is 262 g/mol. The first-order valence-electron chi connectivity index (χ1n) is 7.48. The van der Waals surface area contributed by atoms with E-state index in [-0.39, 0.29) is 0 Å². The molecule has 106 valence electrons. The lowest BCUT2D eigenvalue weighted by Crippen LogP contribution is -2.31. The van der Waals surface area contributed by atoms with E-state index in [1.54, 1.807) is 6.33 Å². The molecule has 1 saturated carbocycles. The summed E-state index contributed by atoms with van der Waals surface area (Å²) < 4.78 is 0. The first kappa shape index (κ1) is 14.1. The Morgan fingerprint density at radius 3 is 2.42 bits per heavy atom. The molecule has 0 saturated heterocycles. The molecule has 0 bridgehead atoms. The molecule has 1 aliphatic carbocycles. The average Bonchev–Trinajstić information content (AvgIpc) is 2.26. The molecule has 1 atom stereocenters. The smallest absolute Gasteiger partial charge is 0.135 e. The summed E-state index contributed by atoms with van der Waals surface area (Å²) in [4.78, 5) is 8.84. The van der Waals surface area contributed by atoms with Gasteiger partial charge in [-0.15, -0.1) is 0 Å². The molecule has 0 amide bonds. The van der Waals surface area contributed by atoms with Gasteiger partial charge in [-0.3, -0.25) is 0 Å². The molecule has 0 radical (unpaired) electrons. The molecule has 1 aromatic heterocycles. The van der Waals surface area contributed by atoms with Crippen LogP contribution in [0.1, 0.15) is 58.4 Å². The second-order valence-electron chi connectivity index (χ2n) is 5.79. The fourth-order valence-electron chi connectivity index (χ4n) is 2.64. The molecule has 2 N–H and O–H groups in total. The van der Waals surface area contributed by atoms with Crippen molar-refractivity contribution in [1.29, 1.82) is 0 Å². The van der Waals surface area contributed by atoms with Crippen molar-refractivity contribution in [3.8, 4) is 0 Å². The van der Waals surface area contributed by atoms with Crippen LogP contribution in [0.25, 0.3) is 0 Å². The number of hydrogen-bond donors (Lipinski definition) is 2. The van der Waals surface area contributed by atoms with Gasteiger partial charge in [0.2, 0.25) is 0 Å². The standard InChI is InChI=1S/C15H26N4/c1-5-16-14-13(10(2)3)15(18-9-17-14)19-11(4)12-7-6-8-12/h9-12H,5-8H2,1-4H3,(H2,16,17,18,19). The van der Waals surface area contributed by atoms with Crippen LogP contribution in [0.5, 0.6) is 0 Å². The number of hydrogen-bond acceptors (Lipinski definition) is 4. The molecule has 0 spiro atoms. The number of anilines is 2. The van der Waals surface area contributed by atoms with Crippen LogP contribution in [0.15, 0.2) is 6.33 Å². The second kappa shape index (κ2) is 6.22. The summed E-state index contributed by atoms with van der Waals surface area (Å²) in [5.74, 6) is 3.18. The van der Waals surface area contributed by atoms with Crippen molar-refractivity contribution < 1.29 is 0 Å². The largest absolute Gasteiger partial charge is 0.370 e. The van der Waals surface area contributed by atoms with Crippen LogP contribution in [0.2, 0.25) is 0 Å². The summed E-state index contributed by atoms with van der Waals surface area (Å²) in [5.41, 5.74) is 1.20. The van der Waals surface area contributed by atoms with E-state index < -0.39 is 0 Å². The highest BCUT2D eigenvalue weighted by Gasteiger charge is 2.25. The molecule has 4 nitrogen and oxygen atoms in total. The van der Waals surface area contributed by atoms with Crippen LogP contribution >= 0.6 is 0 Å². The fraction of sp³-hybridized carbons (Fsp3) is 0.733. The Morgan fingerprint density at radius 1 is 1.21 bits per heavy atom. The van der Waals surface area contributed by atoms with Crippen molar-refractivity contribution in [2.45, 2.75) is 58.9 Å². The highest BCUT2D eigenvalue weighted by atomic mass is 15.1. The van der Waals surface area contributed by atoms with Crippen LogP contribution < -0.4 is 10.6 Å². The maximum atomic E-state index is 4.46. The Labute approximate surface area is 116 Å². The molecule has 19 heavy (non-hydrogen) atoms. The Hall–Kier alpha value is -1.32. The van der Waals surface area contributed by atoms with Gasteiger partial charge in [0.15, 0.2) is 0 Å². The normalized spacial score (nSPS) is 17.1.